The fraction of sp³-hybridized carbons (Fsp3) is 0.118. The molecule has 4 amide bonds. The maximum Gasteiger partial charge on any atom is 0.331 e. The molecule has 1 aromatic heterocycles. The molecule has 3 rings (SSSR count). The number of ether oxygens (including phenoxy) is 1. The SMILES string of the molecule is COc1cc(C=C2C(=O)NC(=O)N(Cc3ccco3)C2=O)c(Br)cc1O. The van der Waals surface area contributed by atoms with E-state index in [2.05, 4.69) is 21.2 Å². The minimum atomic E-state index is -0.823. The van der Waals surface area contributed by atoms with Gasteiger partial charge in [0.15, 0.2) is 11.5 Å². The van der Waals surface area contributed by atoms with Crippen molar-refractivity contribution < 1.29 is 28.6 Å². The smallest absolute Gasteiger partial charge is 0.331 e. The number of benzene rings is 1. The lowest BCUT2D eigenvalue weighted by Gasteiger charge is -2.25. The first-order chi connectivity index (χ1) is 12.4. The summed E-state index contributed by atoms with van der Waals surface area (Å²) in [5.41, 5.74) is 0.190. The molecule has 0 radical (unpaired) electrons. The van der Waals surface area contributed by atoms with Crippen molar-refractivity contribution in [2.75, 3.05) is 7.11 Å². The van der Waals surface area contributed by atoms with Gasteiger partial charge in [-0.15, -0.1) is 0 Å². The number of nitrogens with zero attached hydrogens (tertiary/aromatic N) is 1. The molecule has 0 unspecified atom stereocenters. The van der Waals surface area contributed by atoms with Crippen molar-refractivity contribution in [2.24, 2.45) is 0 Å². The topological polar surface area (TPSA) is 109 Å². The Balaban J connectivity index is 1.98. The highest BCUT2D eigenvalue weighted by molar-refractivity contribution is 9.10. The highest BCUT2D eigenvalue weighted by atomic mass is 79.9. The number of barbiturate groups is 1. The molecule has 0 atom stereocenters. The van der Waals surface area contributed by atoms with E-state index in [-0.39, 0.29) is 23.6 Å². The Morgan fingerprint density at radius 2 is 2.12 bits per heavy atom. The van der Waals surface area contributed by atoms with E-state index in [0.717, 1.165) is 4.90 Å². The Hall–Kier alpha value is -3.07. The second kappa shape index (κ2) is 7.04. The Morgan fingerprint density at radius 1 is 1.35 bits per heavy atom. The van der Waals surface area contributed by atoms with Crippen molar-refractivity contribution in [3.63, 3.8) is 0 Å². The number of nitrogens with one attached hydrogen (secondary N) is 1. The van der Waals surface area contributed by atoms with E-state index in [1.807, 2.05) is 0 Å². The normalized spacial score (nSPS) is 16.2. The summed E-state index contributed by atoms with van der Waals surface area (Å²) in [4.78, 5) is 37.6. The fourth-order valence-corrected chi connectivity index (χ4v) is 2.83. The summed E-state index contributed by atoms with van der Waals surface area (Å²) in [5.74, 6) is -1.10. The van der Waals surface area contributed by atoms with Crippen LogP contribution in [-0.2, 0) is 16.1 Å². The highest BCUT2D eigenvalue weighted by Crippen LogP contribution is 2.33. The monoisotopic (exact) mass is 420 g/mol. The number of phenols is 1. The zero-order valence-corrected chi connectivity index (χ0v) is 15.1. The van der Waals surface area contributed by atoms with E-state index < -0.39 is 17.8 Å². The summed E-state index contributed by atoms with van der Waals surface area (Å²) in [6.07, 6.45) is 2.73. The summed E-state index contributed by atoms with van der Waals surface area (Å²) in [6.45, 7) is -0.109. The van der Waals surface area contributed by atoms with Crippen LogP contribution >= 0.6 is 15.9 Å². The molecular formula is C17H13BrN2O6. The van der Waals surface area contributed by atoms with Gasteiger partial charge in [-0.1, -0.05) is 15.9 Å². The van der Waals surface area contributed by atoms with Crippen molar-refractivity contribution in [2.45, 2.75) is 6.54 Å². The molecule has 134 valence electrons. The molecule has 0 spiro atoms. The number of hydrogen-bond donors (Lipinski definition) is 2. The van der Waals surface area contributed by atoms with Crippen LogP contribution in [0.5, 0.6) is 11.5 Å². The maximum atomic E-state index is 12.6. The van der Waals surface area contributed by atoms with Gasteiger partial charge < -0.3 is 14.3 Å². The Bertz CT molecular complexity index is 920. The highest BCUT2D eigenvalue weighted by Gasteiger charge is 2.36. The van der Waals surface area contributed by atoms with E-state index in [4.69, 9.17) is 9.15 Å². The Labute approximate surface area is 156 Å². The average Bonchev–Trinajstić information content (AvgIpc) is 3.10. The van der Waals surface area contributed by atoms with Gasteiger partial charge in [0.25, 0.3) is 11.8 Å². The van der Waals surface area contributed by atoms with Gasteiger partial charge in [0.05, 0.1) is 19.9 Å². The van der Waals surface area contributed by atoms with Crippen LogP contribution in [0.2, 0.25) is 0 Å². The Morgan fingerprint density at radius 3 is 2.77 bits per heavy atom. The molecule has 0 saturated carbocycles. The predicted molar refractivity (Wildman–Crippen MR) is 93.1 cm³/mol. The third kappa shape index (κ3) is 3.33. The van der Waals surface area contributed by atoms with E-state index in [1.54, 1.807) is 12.1 Å². The Kier molecular flexibility index (Phi) is 4.81. The average molecular weight is 421 g/mol. The van der Waals surface area contributed by atoms with E-state index in [9.17, 15) is 19.5 Å². The molecule has 26 heavy (non-hydrogen) atoms. The zero-order valence-electron chi connectivity index (χ0n) is 13.5. The predicted octanol–water partition coefficient (Wildman–Crippen LogP) is 2.42. The number of methoxy groups -OCH3 is 1. The molecular weight excluding hydrogens is 408 g/mol. The molecule has 1 fully saturated rings. The van der Waals surface area contributed by atoms with Crippen molar-refractivity contribution in [3.05, 3.63) is 51.9 Å². The van der Waals surface area contributed by atoms with Crippen LogP contribution in [0, 0.1) is 0 Å². The zero-order chi connectivity index (χ0) is 18.8. The number of carbonyl (C=O) groups is 3. The van der Waals surface area contributed by atoms with Crippen LogP contribution in [0.1, 0.15) is 11.3 Å². The van der Waals surface area contributed by atoms with Gasteiger partial charge in [-0.05, 0) is 35.9 Å². The summed E-state index contributed by atoms with van der Waals surface area (Å²) in [5, 5.41) is 11.9. The first-order valence-corrected chi connectivity index (χ1v) is 8.17. The van der Waals surface area contributed by atoms with Crippen LogP contribution in [0.4, 0.5) is 4.79 Å². The van der Waals surface area contributed by atoms with Gasteiger partial charge in [0, 0.05) is 4.47 Å². The van der Waals surface area contributed by atoms with Gasteiger partial charge in [0.1, 0.15) is 11.3 Å². The molecule has 0 bridgehead atoms. The van der Waals surface area contributed by atoms with E-state index >= 15 is 0 Å². The molecule has 1 aliphatic rings. The minimum Gasteiger partial charge on any atom is -0.504 e. The van der Waals surface area contributed by atoms with Crippen molar-refractivity contribution in [1.82, 2.24) is 10.2 Å². The summed E-state index contributed by atoms with van der Waals surface area (Å²) in [7, 11) is 1.38. The van der Waals surface area contributed by atoms with Gasteiger partial charge >= 0.3 is 6.03 Å². The van der Waals surface area contributed by atoms with Crippen LogP contribution < -0.4 is 10.1 Å². The van der Waals surface area contributed by atoms with Crippen LogP contribution in [0.15, 0.2) is 45.0 Å². The number of urea groups is 1. The standard InChI is InChI=1S/C17H13BrN2O6/c1-25-14-6-9(12(18)7-13(14)21)5-11-15(22)19-17(24)20(16(11)23)8-10-3-2-4-26-10/h2-7,21H,8H2,1H3,(H,19,22,24). The number of amides is 4. The van der Waals surface area contributed by atoms with Gasteiger partial charge in [-0.25, -0.2) is 4.79 Å². The molecule has 9 heteroatoms. The summed E-state index contributed by atoms with van der Waals surface area (Å²) < 4.78 is 10.6. The minimum absolute atomic E-state index is 0.101. The number of furan rings is 1. The molecule has 1 aliphatic heterocycles. The molecule has 2 aromatic rings. The quantitative estimate of drug-likeness (QED) is 0.580. The number of aromatic hydroxyl groups is 1. The molecule has 2 N–H and O–H groups in total. The molecule has 1 saturated heterocycles. The van der Waals surface area contributed by atoms with Crippen molar-refractivity contribution in [1.29, 1.82) is 0 Å². The summed E-state index contributed by atoms with van der Waals surface area (Å²) in [6, 6.07) is 5.25. The molecule has 8 nitrogen and oxygen atoms in total. The number of carbonyl (C=O) groups excluding carboxylic acids is 3. The number of rotatable bonds is 4. The van der Waals surface area contributed by atoms with Gasteiger partial charge in [0.2, 0.25) is 0 Å². The first-order valence-electron chi connectivity index (χ1n) is 7.38. The second-order valence-electron chi connectivity index (χ2n) is 5.33. The molecule has 2 heterocycles. The molecule has 1 aromatic carbocycles. The van der Waals surface area contributed by atoms with E-state index in [1.165, 1.54) is 31.6 Å². The van der Waals surface area contributed by atoms with E-state index in [0.29, 0.717) is 15.8 Å². The molecule has 0 aliphatic carbocycles. The number of phenolic OH excluding ortho intramolecular Hbond substituents is 1. The van der Waals surface area contributed by atoms with Crippen molar-refractivity contribution >= 4 is 39.9 Å². The first kappa shape index (κ1) is 17.7. The summed E-state index contributed by atoms with van der Waals surface area (Å²) >= 11 is 3.25. The fourth-order valence-electron chi connectivity index (χ4n) is 2.38. The third-order valence-electron chi connectivity index (χ3n) is 3.68. The lowest BCUT2D eigenvalue weighted by molar-refractivity contribution is -0.130. The third-order valence-corrected chi connectivity index (χ3v) is 4.36. The van der Waals surface area contributed by atoms with Crippen LogP contribution in [0.3, 0.4) is 0 Å². The number of imide groups is 2. The van der Waals surface area contributed by atoms with Gasteiger partial charge in [-0.2, -0.15) is 0 Å². The lowest BCUT2D eigenvalue weighted by atomic mass is 10.1. The number of hydrogen-bond acceptors (Lipinski definition) is 6. The maximum absolute atomic E-state index is 12.6. The second-order valence-corrected chi connectivity index (χ2v) is 6.19. The number of halogens is 1. The van der Waals surface area contributed by atoms with Crippen molar-refractivity contribution in [3.8, 4) is 11.5 Å². The van der Waals surface area contributed by atoms with Crippen LogP contribution in [0.25, 0.3) is 6.08 Å². The van der Waals surface area contributed by atoms with Gasteiger partial charge in [-0.3, -0.25) is 19.8 Å². The largest absolute Gasteiger partial charge is 0.504 e. The van der Waals surface area contributed by atoms with Crippen LogP contribution in [-0.4, -0.2) is 35.0 Å². The lowest BCUT2D eigenvalue weighted by Crippen LogP contribution is -2.53.